The number of fused-ring (bicyclic) bond motifs is 1. The number of rotatable bonds is 4. The minimum Gasteiger partial charge on any atom is -0.399 e. The fraction of sp³-hybridized carbons (Fsp3) is 0.231. The van der Waals surface area contributed by atoms with Gasteiger partial charge in [-0.05, 0) is 25.1 Å². The van der Waals surface area contributed by atoms with E-state index in [9.17, 15) is 9.59 Å². The van der Waals surface area contributed by atoms with E-state index in [4.69, 9.17) is 5.73 Å². The van der Waals surface area contributed by atoms with E-state index < -0.39 is 0 Å². The van der Waals surface area contributed by atoms with Crippen molar-refractivity contribution in [3.63, 3.8) is 0 Å². The summed E-state index contributed by atoms with van der Waals surface area (Å²) < 4.78 is 0. The van der Waals surface area contributed by atoms with Gasteiger partial charge in [-0.3, -0.25) is 9.59 Å². The molecule has 0 unspecified atom stereocenters. The zero-order chi connectivity index (χ0) is 13.8. The molecule has 0 fully saturated rings. The van der Waals surface area contributed by atoms with Gasteiger partial charge in [0.05, 0.1) is 12.1 Å². The molecular weight excluding hydrogens is 244 g/mol. The lowest BCUT2D eigenvalue weighted by Gasteiger charge is -2.04. The minimum atomic E-state index is -0.303. The highest BCUT2D eigenvalue weighted by molar-refractivity contribution is 6.08. The molecule has 2 rings (SSSR count). The van der Waals surface area contributed by atoms with E-state index in [1.54, 1.807) is 18.3 Å². The summed E-state index contributed by atoms with van der Waals surface area (Å²) in [5, 5.41) is 5.92. The van der Waals surface area contributed by atoms with Crippen LogP contribution in [0.4, 0.5) is 5.69 Å². The van der Waals surface area contributed by atoms with Gasteiger partial charge in [0.2, 0.25) is 5.91 Å². The molecule has 0 atom stereocenters. The first-order valence-electron chi connectivity index (χ1n) is 6.03. The Morgan fingerprint density at radius 2 is 2.11 bits per heavy atom. The zero-order valence-corrected chi connectivity index (χ0v) is 10.6. The summed E-state index contributed by atoms with van der Waals surface area (Å²) in [5.41, 5.74) is 7.60. The van der Waals surface area contributed by atoms with Crippen molar-refractivity contribution in [1.29, 1.82) is 0 Å². The van der Waals surface area contributed by atoms with E-state index in [2.05, 4.69) is 15.6 Å². The number of H-pyrrole nitrogens is 1. The maximum absolute atomic E-state index is 12.0. The van der Waals surface area contributed by atoms with Crippen molar-refractivity contribution in [2.45, 2.75) is 6.92 Å². The molecule has 2 amide bonds. The fourth-order valence-electron chi connectivity index (χ4n) is 1.84. The predicted octanol–water partition coefficient (Wildman–Crippen LogP) is 0.616. The van der Waals surface area contributed by atoms with Crippen molar-refractivity contribution >= 4 is 28.4 Å². The average molecular weight is 260 g/mol. The van der Waals surface area contributed by atoms with Gasteiger partial charge in [0.25, 0.3) is 5.91 Å². The van der Waals surface area contributed by atoms with Crippen LogP contribution in [0.5, 0.6) is 0 Å². The Kier molecular flexibility index (Phi) is 3.70. The Balaban J connectivity index is 2.13. The Labute approximate surface area is 110 Å². The molecule has 0 aliphatic rings. The van der Waals surface area contributed by atoms with Crippen LogP contribution in [0.1, 0.15) is 17.3 Å². The number of nitrogens with two attached hydrogens (primary N) is 1. The van der Waals surface area contributed by atoms with Gasteiger partial charge in [0.1, 0.15) is 0 Å². The van der Waals surface area contributed by atoms with Gasteiger partial charge < -0.3 is 21.4 Å². The molecule has 19 heavy (non-hydrogen) atoms. The Morgan fingerprint density at radius 3 is 2.84 bits per heavy atom. The third-order valence-electron chi connectivity index (χ3n) is 2.73. The second-order valence-electron chi connectivity index (χ2n) is 4.14. The first-order chi connectivity index (χ1) is 9.11. The highest BCUT2D eigenvalue weighted by Gasteiger charge is 2.12. The summed E-state index contributed by atoms with van der Waals surface area (Å²) in [5.74, 6) is -0.515. The largest absolute Gasteiger partial charge is 0.399 e. The molecule has 6 nitrogen and oxygen atoms in total. The number of nitrogens with one attached hydrogen (secondary N) is 3. The topological polar surface area (TPSA) is 100 Å². The van der Waals surface area contributed by atoms with E-state index in [1.807, 2.05) is 13.0 Å². The molecule has 0 spiro atoms. The molecule has 0 aliphatic carbocycles. The summed E-state index contributed by atoms with van der Waals surface area (Å²) in [7, 11) is 0. The van der Waals surface area contributed by atoms with Gasteiger partial charge in [-0.1, -0.05) is 0 Å². The minimum absolute atomic E-state index is 0.0400. The molecule has 0 saturated carbocycles. The van der Waals surface area contributed by atoms with Gasteiger partial charge in [0.15, 0.2) is 0 Å². The van der Waals surface area contributed by atoms with Gasteiger partial charge in [-0.2, -0.15) is 0 Å². The highest BCUT2D eigenvalue weighted by atomic mass is 16.2. The van der Waals surface area contributed by atoms with Crippen molar-refractivity contribution in [2.24, 2.45) is 0 Å². The summed E-state index contributed by atoms with van der Waals surface area (Å²) in [6.45, 7) is 2.32. The van der Waals surface area contributed by atoms with Crippen molar-refractivity contribution in [1.82, 2.24) is 15.6 Å². The number of aromatic nitrogens is 1. The second-order valence-corrected chi connectivity index (χ2v) is 4.14. The van der Waals surface area contributed by atoms with Crippen LogP contribution in [0.3, 0.4) is 0 Å². The van der Waals surface area contributed by atoms with Crippen LogP contribution >= 0.6 is 0 Å². The van der Waals surface area contributed by atoms with Crippen LogP contribution in [0, 0.1) is 0 Å². The number of benzene rings is 1. The summed E-state index contributed by atoms with van der Waals surface area (Å²) in [6.07, 6.45) is 1.61. The Bertz CT molecular complexity index is 618. The number of carbonyl (C=O) groups excluding carboxylic acids is 2. The highest BCUT2D eigenvalue weighted by Crippen LogP contribution is 2.20. The zero-order valence-electron chi connectivity index (χ0n) is 10.6. The molecule has 1 aromatic carbocycles. The Morgan fingerprint density at radius 1 is 1.32 bits per heavy atom. The molecule has 1 aromatic heterocycles. The average Bonchev–Trinajstić information content (AvgIpc) is 2.79. The van der Waals surface area contributed by atoms with E-state index >= 15 is 0 Å². The molecule has 1 heterocycles. The second kappa shape index (κ2) is 5.43. The number of hydrogen-bond acceptors (Lipinski definition) is 3. The van der Waals surface area contributed by atoms with Crippen molar-refractivity contribution < 1.29 is 9.59 Å². The quantitative estimate of drug-likeness (QED) is 0.606. The predicted molar refractivity (Wildman–Crippen MR) is 73.7 cm³/mol. The molecular formula is C13H16N4O2. The molecule has 0 saturated heterocycles. The van der Waals surface area contributed by atoms with Crippen LogP contribution in [0.2, 0.25) is 0 Å². The van der Waals surface area contributed by atoms with Gasteiger partial charge in [-0.15, -0.1) is 0 Å². The summed E-state index contributed by atoms with van der Waals surface area (Å²) in [4.78, 5) is 26.3. The van der Waals surface area contributed by atoms with Crippen LogP contribution in [-0.4, -0.2) is 29.9 Å². The smallest absolute Gasteiger partial charge is 0.253 e. The number of anilines is 1. The number of hydrogen-bond donors (Lipinski definition) is 4. The number of amides is 2. The maximum atomic E-state index is 12.0. The number of likely N-dealkylation sites (N-methyl/N-ethyl adjacent to an activating group) is 1. The lowest BCUT2D eigenvalue weighted by molar-refractivity contribution is -0.120. The molecule has 100 valence electrons. The first-order valence-corrected chi connectivity index (χ1v) is 6.03. The molecule has 0 bridgehead atoms. The third-order valence-corrected chi connectivity index (χ3v) is 2.73. The Hall–Kier alpha value is -2.50. The van der Waals surface area contributed by atoms with Crippen LogP contribution in [-0.2, 0) is 4.79 Å². The van der Waals surface area contributed by atoms with Gasteiger partial charge in [0, 0.05) is 29.3 Å². The lowest BCUT2D eigenvalue weighted by Crippen LogP contribution is -2.36. The van der Waals surface area contributed by atoms with Crippen LogP contribution in [0.25, 0.3) is 10.9 Å². The van der Waals surface area contributed by atoms with Crippen LogP contribution < -0.4 is 16.4 Å². The van der Waals surface area contributed by atoms with E-state index in [0.717, 1.165) is 10.9 Å². The van der Waals surface area contributed by atoms with Crippen molar-refractivity contribution in [2.75, 3.05) is 18.8 Å². The van der Waals surface area contributed by atoms with E-state index in [-0.39, 0.29) is 18.4 Å². The lowest BCUT2D eigenvalue weighted by atomic mass is 10.1. The van der Waals surface area contributed by atoms with Crippen molar-refractivity contribution in [3.8, 4) is 0 Å². The normalized spacial score (nSPS) is 10.4. The number of carbonyl (C=O) groups is 2. The van der Waals surface area contributed by atoms with Crippen LogP contribution in [0.15, 0.2) is 24.4 Å². The first kappa shape index (κ1) is 12.9. The fourth-order valence-corrected chi connectivity index (χ4v) is 1.84. The molecule has 0 radical (unpaired) electrons. The van der Waals surface area contributed by atoms with Gasteiger partial charge >= 0.3 is 0 Å². The monoisotopic (exact) mass is 260 g/mol. The number of nitrogen functional groups attached to an aromatic ring is 1. The van der Waals surface area contributed by atoms with E-state index in [1.165, 1.54) is 0 Å². The van der Waals surface area contributed by atoms with E-state index in [0.29, 0.717) is 17.8 Å². The maximum Gasteiger partial charge on any atom is 0.253 e. The molecule has 6 heteroatoms. The molecule has 5 N–H and O–H groups in total. The molecule has 2 aromatic rings. The van der Waals surface area contributed by atoms with Gasteiger partial charge in [-0.25, -0.2) is 0 Å². The standard InChI is InChI=1S/C13H16N4O2/c1-2-15-12(18)7-17-13(19)10-6-16-11-4-3-8(14)5-9(10)11/h3-6,16H,2,7,14H2,1H3,(H,15,18)(H,17,19). The summed E-state index contributed by atoms with van der Waals surface area (Å²) >= 11 is 0. The SMILES string of the molecule is CCNC(=O)CNC(=O)c1c[nH]c2ccc(N)cc12. The number of aromatic amines is 1. The van der Waals surface area contributed by atoms with Crippen molar-refractivity contribution in [3.05, 3.63) is 30.0 Å². The third kappa shape index (κ3) is 2.85. The summed E-state index contributed by atoms with van der Waals surface area (Å²) in [6, 6.07) is 5.30. The molecule has 0 aliphatic heterocycles.